The van der Waals surface area contributed by atoms with E-state index in [1.165, 1.54) is 6.26 Å². The Hall–Kier alpha value is -2.08. The van der Waals surface area contributed by atoms with Crippen LogP contribution in [0.1, 0.15) is 5.76 Å². The lowest BCUT2D eigenvalue weighted by Crippen LogP contribution is -2.34. The molecule has 0 unspecified atom stereocenters. The van der Waals surface area contributed by atoms with Crippen LogP contribution in [0, 0.1) is 0 Å². The third kappa shape index (κ3) is 3.69. The first-order valence-corrected chi connectivity index (χ1v) is 6.32. The van der Waals surface area contributed by atoms with Gasteiger partial charge in [0.05, 0.1) is 18.5 Å². The Labute approximate surface area is 118 Å². The fourth-order valence-electron chi connectivity index (χ4n) is 1.40. The Balaban J connectivity index is 1.89. The molecule has 0 saturated heterocycles. The highest BCUT2D eigenvalue weighted by molar-refractivity contribution is 9.10. The predicted octanol–water partition coefficient (Wildman–Crippen LogP) is 2.30. The standard InChI is InChI=1S/C13H11BrN2O3/c14-10-5-1-2-6-11(10)16-13(18)12(17)15-8-9-4-3-7-19-9/h1-7H,8H2,(H,15,17)(H,16,18). The summed E-state index contributed by atoms with van der Waals surface area (Å²) in [5, 5.41) is 4.98. The Morgan fingerprint density at radius 2 is 1.89 bits per heavy atom. The summed E-state index contributed by atoms with van der Waals surface area (Å²) in [6.45, 7) is 0.176. The van der Waals surface area contributed by atoms with E-state index in [4.69, 9.17) is 4.42 Å². The molecule has 5 nitrogen and oxygen atoms in total. The number of para-hydroxylation sites is 1. The molecule has 0 saturated carbocycles. The van der Waals surface area contributed by atoms with Gasteiger partial charge in [0.15, 0.2) is 0 Å². The predicted molar refractivity (Wildman–Crippen MR) is 73.3 cm³/mol. The van der Waals surface area contributed by atoms with Crippen molar-refractivity contribution in [2.45, 2.75) is 6.54 Å². The summed E-state index contributed by atoms with van der Waals surface area (Å²) in [4.78, 5) is 23.2. The molecule has 1 aromatic carbocycles. The molecule has 6 heteroatoms. The summed E-state index contributed by atoms with van der Waals surface area (Å²) < 4.78 is 5.76. The number of hydrogen-bond acceptors (Lipinski definition) is 3. The molecular formula is C13H11BrN2O3. The Kier molecular flexibility index (Phi) is 4.35. The van der Waals surface area contributed by atoms with Gasteiger partial charge in [-0.3, -0.25) is 9.59 Å². The van der Waals surface area contributed by atoms with Gasteiger partial charge in [0.1, 0.15) is 5.76 Å². The number of nitrogens with one attached hydrogen (secondary N) is 2. The molecular weight excluding hydrogens is 312 g/mol. The van der Waals surface area contributed by atoms with E-state index in [9.17, 15) is 9.59 Å². The lowest BCUT2D eigenvalue weighted by Gasteiger charge is -2.06. The van der Waals surface area contributed by atoms with E-state index >= 15 is 0 Å². The second kappa shape index (κ2) is 6.19. The third-order valence-electron chi connectivity index (χ3n) is 2.33. The number of halogens is 1. The number of rotatable bonds is 3. The topological polar surface area (TPSA) is 71.3 Å². The highest BCUT2D eigenvalue weighted by Gasteiger charge is 2.14. The summed E-state index contributed by atoms with van der Waals surface area (Å²) in [6.07, 6.45) is 1.50. The normalized spacial score (nSPS) is 9.95. The van der Waals surface area contributed by atoms with Gasteiger partial charge in [0.2, 0.25) is 0 Å². The Morgan fingerprint density at radius 1 is 1.11 bits per heavy atom. The minimum atomic E-state index is -0.724. The van der Waals surface area contributed by atoms with Crippen molar-refractivity contribution < 1.29 is 14.0 Å². The number of carbonyl (C=O) groups is 2. The molecule has 0 aliphatic carbocycles. The molecule has 0 fully saturated rings. The van der Waals surface area contributed by atoms with Crippen molar-refractivity contribution in [1.29, 1.82) is 0 Å². The largest absolute Gasteiger partial charge is 0.467 e. The summed E-state index contributed by atoms with van der Waals surface area (Å²) >= 11 is 3.28. The molecule has 0 bridgehead atoms. The molecule has 2 N–H and O–H groups in total. The van der Waals surface area contributed by atoms with Crippen molar-refractivity contribution in [3.63, 3.8) is 0 Å². The van der Waals surface area contributed by atoms with Crippen molar-refractivity contribution in [2.24, 2.45) is 0 Å². The second-order valence-electron chi connectivity index (χ2n) is 3.70. The molecule has 0 atom stereocenters. The van der Waals surface area contributed by atoms with Crippen LogP contribution in [0.25, 0.3) is 0 Å². The number of amides is 2. The summed E-state index contributed by atoms with van der Waals surface area (Å²) in [6, 6.07) is 10.5. The van der Waals surface area contributed by atoms with Gasteiger partial charge in [-0.25, -0.2) is 0 Å². The van der Waals surface area contributed by atoms with E-state index in [0.717, 1.165) is 0 Å². The van der Waals surface area contributed by atoms with E-state index in [2.05, 4.69) is 26.6 Å². The molecule has 98 valence electrons. The average Bonchev–Trinajstić information content (AvgIpc) is 2.91. The van der Waals surface area contributed by atoms with Crippen molar-refractivity contribution in [3.8, 4) is 0 Å². The molecule has 0 spiro atoms. The van der Waals surface area contributed by atoms with Crippen molar-refractivity contribution in [2.75, 3.05) is 5.32 Å². The van der Waals surface area contributed by atoms with Gasteiger partial charge in [-0.1, -0.05) is 12.1 Å². The maximum absolute atomic E-state index is 11.6. The van der Waals surface area contributed by atoms with Crippen LogP contribution in [0.4, 0.5) is 5.69 Å². The first-order chi connectivity index (χ1) is 9.16. The number of anilines is 1. The van der Waals surface area contributed by atoms with Crippen LogP contribution in [0.3, 0.4) is 0 Å². The maximum atomic E-state index is 11.6. The van der Waals surface area contributed by atoms with E-state index in [-0.39, 0.29) is 6.54 Å². The van der Waals surface area contributed by atoms with Gasteiger partial charge in [-0.15, -0.1) is 0 Å². The monoisotopic (exact) mass is 322 g/mol. The van der Waals surface area contributed by atoms with Gasteiger partial charge in [-0.05, 0) is 40.2 Å². The molecule has 2 rings (SSSR count). The van der Waals surface area contributed by atoms with Crippen LogP contribution in [0.15, 0.2) is 51.6 Å². The molecule has 1 heterocycles. The number of benzene rings is 1. The van der Waals surface area contributed by atoms with Crippen LogP contribution >= 0.6 is 15.9 Å². The minimum Gasteiger partial charge on any atom is -0.467 e. The lowest BCUT2D eigenvalue weighted by atomic mass is 10.3. The third-order valence-corrected chi connectivity index (χ3v) is 3.02. The summed E-state index contributed by atoms with van der Waals surface area (Å²) in [5.74, 6) is -0.854. The fourth-order valence-corrected chi connectivity index (χ4v) is 1.79. The van der Waals surface area contributed by atoms with Crippen LogP contribution < -0.4 is 10.6 Å². The van der Waals surface area contributed by atoms with Gasteiger partial charge >= 0.3 is 11.8 Å². The van der Waals surface area contributed by atoms with Crippen LogP contribution in [-0.4, -0.2) is 11.8 Å². The van der Waals surface area contributed by atoms with Crippen LogP contribution in [0.5, 0.6) is 0 Å². The van der Waals surface area contributed by atoms with Gasteiger partial charge < -0.3 is 15.1 Å². The average molecular weight is 323 g/mol. The number of furan rings is 1. The van der Waals surface area contributed by atoms with Gasteiger partial charge in [0.25, 0.3) is 0 Å². The van der Waals surface area contributed by atoms with Crippen LogP contribution in [0.2, 0.25) is 0 Å². The molecule has 0 radical (unpaired) electrons. The molecule has 19 heavy (non-hydrogen) atoms. The smallest absolute Gasteiger partial charge is 0.313 e. The molecule has 0 aliphatic heterocycles. The van der Waals surface area contributed by atoms with Crippen molar-refractivity contribution >= 4 is 33.4 Å². The molecule has 1 aromatic heterocycles. The highest BCUT2D eigenvalue weighted by Crippen LogP contribution is 2.20. The zero-order valence-electron chi connectivity index (χ0n) is 9.85. The van der Waals surface area contributed by atoms with E-state index in [0.29, 0.717) is 15.9 Å². The number of carbonyl (C=O) groups excluding carboxylic acids is 2. The highest BCUT2D eigenvalue weighted by atomic mass is 79.9. The minimum absolute atomic E-state index is 0.176. The number of hydrogen-bond donors (Lipinski definition) is 2. The van der Waals surface area contributed by atoms with E-state index in [1.54, 1.807) is 30.3 Å². The van der Waals surface area contributed by atoms with E-state index < -0.39 is 11.8 Å². The molecule has 2 aromatic rings. The van der Waals surface area contributed by atoms with Gasteiger partial charge in [0, 0.05) is 4.47 Å². The second-order valence-corrected chi connectivity index (χ2v) is 4.55. The molecule has 2 amide bonds. The Morgan fingerprint density at radius 3 is 2.58 bits per heavy atom. The maximum Gasteiger partial charge on any atom is 0.313 e. The first-order valence-electron chi connectivity index (χ1n) is 5.53. The van der Waals surface area contributed by atoms with Gasteiger partial charge in [-0.2, -0.15) is 0 Å². The van der Waals surface area contributed by atoms with Crippen LogP contribution in [-0.2, 0) is 16.1 Å². The zero-order valence-corrected chi connectivity index (χ0v) is 11.4. The quantitative estimate of drug-likeness (QED) is 0.852. The van der Waals surface area contributed by atoms with Crippen molar-refractivity contribution in [3.05, 3.63) is 52.9 Å². The molecule has 0 aliphatic rings. The first kappa shape index (κ1) is 13.4. The summed E-state index contributed by atoms with van der Waals surface area (Å²) in [5.41, 5.74) is 0.542. The fraction of sp³-hybridized carbons (Fsp3) is 0.0769. The lowest BCUT2D eigenvalue weighted by molar-refractivity contribution is -0.136. The Bertz CT molecular complexity index is 581. The SMILES string of the molecule is O=C(NCc1ccco1)C(=O)Nc1ccccc1Br. The van der Waals surface area contributed by atoms with E-state index in [1.807, 2.05) is 6.07 Å². The van der Waals surface area contributed by atoms with Crippen molar-refractivity contribution in [1.82, 2.24) is 5.32 Å². The summed E-state index contributed by atoms with van der Waals surface area (Å²) in [7, 11) is 0. The zero-order chi connectivity index (χ0) is 13.7.